The van der Waals surface area contributed by atoms with Crippen molar-refractivity contribution in [3.63, 3.8) is 0 Å². The van der Waals surface area contributed by atoms with Crippen LogP contribution in [0.15, 0.2) is 18.2 Å². The SMILES string of the molecule is Cc1cccc(C(=O)N2CCCC[C@H]2CN)c1C. The predicted molar refractivity (Wildman–Crippen MR) is 73.6 cm³/mol. The maximum Gasteiger partial charge on any atom is 0.254 e. The molecule has 0 aliphatic carbocycles. The van der Waals surface area contributed by atoms with Crippen LogP contribution in [-0.4, -0.2) is 29.9 Å². The first kappa shape index (κ1) is 13.1. The summed E-state index contributed by atoms with van der Waals surface area (Å²) in [5, 5.41) is 0. The molecule has 1 saturated heterocycles. The minimum absolute atomic E-state index is 0.145. The highest BCUT2D eigenvalue weighted by Gasteiger charge is 2.27. The molecule has 1 fully saturated rings. The summed E-state index contributed by atoms with van der Waals surface area (Å²) in [6.07, 6.45) is 3.30. The summed E-state index contributed by atoms with van der Waals surface area (Å²) in [4.78, 5) is 14.6. The Morgan fingerprint density at radius 1 is 1.39 bits per heavy atom. The normalized spacial score (nSPS) is 19.9. The lowest BCUT2D eigenvalue weighted by Gasteiger charge is -2.35. The Balaban J connectivity index is 2.27. The first-order valence-corrected chi connectivity index (χ1v) is 6.72. The van der Waals surface area contributed by atoms with Gasteiger partial charge in [-0.1, -0.05) is 12.1 Å². The van der Waals surface area contributed by atoms with Crippen LogP contribution in [0.3, 0.4) is 0 Å². The van der Waals surface area contributed by atoms with Crippen molar-refractivity contribution in [1.29, 1.82) is 0 Å². The molecule has 1 heterocycles. The number of amides is 1. The summed E-state index contributed by atoms with van der Waals surface area (Å²) in [6, 6.07) is 6.14. The van der Waals surface area contributed by atoms with Gasteiger partial charge in [-0.25, -0.2) is 0 Å². The molecule has 0 spiro atoms. The van der Waals surface area contributed by atoms with E-state index in [0.29, 0.717) is 6.54 Å². The fourth-order valence-corrected chi connectivity index (χ4v) is 2.65. The van der Waals surface area contributed by atoms with E-state index in [1.807, 2.05) is 36.9 Å². The number of hydrogen-bond acceptors (Lipinski definition) is 2. The van der Waals surface area contributed by atoms with Crippen LogP contribution < -0.4 is 5.73 Å². The van der Waals surface area contributed by atoms with E-state index in [-0.39, 0.29) is 11.9 Å². The molecule has 3 nitrogen and oxygen atoms in total. The molecule has 0 bridgehead atoms. The monoisotopic (exact) mass is 246 g/mol. The zero-order valence-electron chi connectivity index (χ0n) is 11.3. The maximum absolute atomic E-state index is 12.6. The summed E-state index contributed by atoms with van der Waals surface area (Å²) in [5.41, 5.74) is 8.87. The number of nitrogens with zero attached hydrogens (tertiary/aromatic N) is 1. The molecule has 0 aromatic heterocycles. The summed E-state index contributed by atoms with van der Waals surface area (Å²) >= 11 is 0. The summed E-state index contributed by atoms with van der Waals surface area (Å²) in [7, 11) is 0. The smallest absolute Gasteiger partial charge is 0.254 e. The lowest BCUT2D eigenvalue weighted by atomic mass is 9.98. The van der Waals surface area contributed by atoms with Crippen LogP contribution in [0.2, 0.25) is 0 Å². The number of carbonyl (C=O) groups excluding carboxylic acids is 1. The van der Waals surface area contributed by atoms with Crippen molar-refractivity contribution >= 4 is 5.91 Å². The minimum atomic E-state index is 0.145. The van der Waals surface area contributed by atoms with Crippen LogP contribution in [0.1, 0.15) is 40.7 Å². The molecular weight excluding hydrogens is 224 g/mol. The van der Waals surface area contributed by atoms with Crippen LogP contribution in [0.25, 0.3) is 0 Å². The van der Waals surface area contributed by atoms with Gasteiger partial charge < -0.3 is 10.6 Å². The van der Waals surface area contributed by atoms with Crippen molar-refractivity contribution in [1.82, 2.24) is 4.90 Å². The summed E-state index contributed by atoms with van der Waals surface area (Å²) < 4.78 is 0. The zero-order valence-corrected chi connectivity index (χ0v) is 11.3. The molecule has 2 N–H and O–H groups in total. The fraction of sp³-hybridized carbons (Fsp3) is 0.533. The molecular formula is C15H22N2O. The lowest BCUT2D eigenvalue weighted by Crippen LogP contribution is -2.47. The molecule has 1 aliphatic rings. The standard InChI is InChI=1S/C15H22N2O/c1-11-6-5-8-14(12(11)2)15(18)17-9-4-3-7-13(17)10-16/h5-6,8,13H,3-4,7,9-10,16H2,1-2H3/t13-/m0/s1. The second-order valence-corrected chi connectivity index (χ2v) is 5.13. The van der Waals surface area contributed by atoms with E-state index in [2.05, 4.69) is 0 Å². The van der Waals surface area contributed by atoms with Crippen molar-refractivity contribution in [3.8, 4) is 0 Å². The Morgan fingerprint density at radius 2 is 2.17 bits per heavy atom. The van der Waals surface area contributed by atoms with Crippen LogP contribution >= 0.6 is 0 Å². The number of piperidine rings is 1. The molecule has 98 valence electrons. The molecule has 1 atom stereocenters. The van der Waals surface area contributed by atoms with Gasteiger partial charge in [0.25, 0.3) is 5.91 Å². The largest absolute Gasteiger partial charge is 0.334 e. The lowest BCUT2D eigenvalue weighted by molar-refractivity contribution is 0.0622. The van der Waals surface area contributed by atoms with Gasteiger partial charge in [-0.3, -0.25) is 4.79 Å². The van der Waals surface area contributed by atoms with E-state index in [4.69, 9.17) is 5.73 Å². The van der Waals surface area contributed by atoms with Crippen molar-refractivity contribution < 1.29 is 4.79 Å². The highest BCUT2D eigenvalue weighted by molar-refractivity contribution is 5.96. The molecule has 1 aliphatic heterocycles. The van der Waals surface area contributed by atoms with Crippen LogP contribution in [-0.2, 0) is 0 Å². The summed E-state index contributed by atoms with van der Waals surface area (Å²) in [6.45, 7) is 5.47. The molecule has 3 heteroatoms. The number of hydrogen-bond donors (Lipinski definition) is 1. The quantitative estimate of drug-likeness (QED) is 0.870. The molecule has 1 amide bonds. The van der Waals surface area contributed by atoms with Crippen LogP contribution in [0.5, 0.6) is 0 Å². The van der Waals surface area contributed by atoms with Gasteiger partial charge in [0.1, 0.15) is 0 Å². The number of benzene rings is 1. The maximum atomic E-state index is 12.6. The zero-order chi connectivity index (χ0) is 13.1. The van der Waals surface area contributed by atoms with Crippen molar-refractivity contribution in [3.05, 3.63) is 34.9 Å². The highest BCUT2D eigenvalue weighted by atomic mass is 16.2. The predicted octanol–water partition coefficient (Wildman–Crippen LogP) is 2.26. The molecule has 0 saturated carbocycles. The Bertz CT molecular complexity index is 442. The van der Waals surface area contributed by atoms with E-state index in [9.17, 15) is 4.79 Å². The van der Waals surface area contributed by atoms with E-state index < -0.39 is 0 Å². The molecule has 18 heavy (non-hydrogen) atoms. The minimum Gasteiger partial charge on any atom is -0.334 e. The third kappa shape index (κ3) is 2.41. The van der Waals surface area contributed by atoms with Crippen molar-refractivity contribution in [2.45, 2.75) is 39.2 Å². The first-order chi connectivity index (χ1) is 8.65. The number of carbonyl (C=O) groups is 1. The number of aryl methyl sites for hydroxylation is 1. The Morgan fingerprint density at radius 3 is 2.89 bits per heavy atom. The highest BCUT2D eigenvalue weighted by Crippen LogP contribution is 2.21. The second-order valence-electron chi connectivity index (χ2n) is 5.13. The third-order valence-corrected chi connectivity index (χ3v) is 4.00. The molecule has 1 aromatic rings. The number of likely N-dealkylation sites (tertiary alicyclic amines) is 1. The molecule has 0 unspecified atom stereocenters. The fourth-order valence-electron chi connectivity index (χ4n) is 2.65. The Kier molecular flexibility index (Phi) is 4.02. The van der Waals surface area contributed by atoms with Crippen LogP contribution in [0, 0.1) is 13.8 Å². The van der Waals surface area contributed by atoms with Gasteiger partial charge in [-0.05, 0) is 50.3 Å². The average molecular weight is 246 g/mol. The number of nitrogens with two attached hydrogens (primary N) is 1. The van der Waals surface area contributed by atoms with E-state index in [1.165, 1.54) is 12.0 Å². The third-order valence-electron chi connectivity index (χ3n) is 4.00. The first-order valence-electron chi connectivity index (χ1n) is 6.72. The second kappa shape index (κ2) is 5.53. The Labute approximate surface area is 109 Å². The topological polar surface area (TPSA) is 46.3 Å². The van der Waals surface area contributed by atoms with E-state index >= 15 is 0 Å². The Hall–Kier alpha value is -1.35. The summed E-state index contributed by atoms with van der Waals surface area (Å²) in [5.74, 6) is 0.145. The molecule has 0 radical (unpaired) electrons. The number of rotatable bonds is 2. The van der Waals surface area contributed by atoms with Crippen molar-refractivity contribution in [2.75, 3.05) is 13.1 Å². The average Bonchev–Trinajstić information content (AvgIpc) is 2.41. The van der Waals surface area contributed by atoms with E-state index in [0.717, 1.165) is 30.5 Å². The van der Waals surface area contributed by atoms with Gasteiger partial charge >= 0.3 is 0 Å². The van der Waals surface area contributed by atoms with Crippen molar-refractivity contribution in [2.24, 2.45) is 5.73 Å². The van der Waals surface area contributed by atoms with Gasteiger partial charge in [-0.15, -0.1) is 0 Å². The van der Waals surface area contributed by atoms with Gasteiger partial charge in [-0.2, -0.15) is 0 Å². The molecule has 2 rings (SSSR count). The van der Waals surface area contributed by atoms with Crippen LogP contribution in [0.4, 0.5) is 0 Å². The van der Waals surface area contributed by atoms with Gasteiger partial charge in [0.05, 0.1) is 0 Å². The van der Waals surface area contributed by atoms with Gasteiger partial charge in [0.15, 0.2) is 0 Å². The van der Waals surface area contributed by atoms with Gasteiger partial charge in [0.2, 0.25) is 0 Å². The molecule has 1 aromatic carbocycles. The van der Waals surface area contributed by atoms with Gasteiger partial charge in [0, 0.05) is 24.7 Å². The van der Waals surface area contributed by atoms with E-state index in [1.54, 1.807) is 0 Å².